The van der Waals surface area contributed by atoms with E-state index >= 15 is 0 Å². The van der Waals surface area contributed by atoms with Crippen LogP contribution in [0.1, 0.15) is 32.6 Å². The van der Waals surface area contributed by atoms with Gasteiger partial charge in [-0.3, -0.25) is 4.99 Å². The molecule has 0 spiro atoms. The summed E-state index contributed by atoms with van der Waals surface area (Å²) in [7, 11) is 5.01. The minimum atomic E-state index is -0.400. The Hall–Kier alpha value is -2.35. The molecular formula is C16H22N4O3S. The predicted octanol–water partition coefficient (Wildman–Crippen LogP) is 2.35. The van der Waals surface area contributed by atoms with Crippen molar-refractivity contribution in [1.82, 2.24) is 15.2 Å². The van der Waals surface area contributed by atoms with Gasteiger partial charge < -0.3 is 19.4 Å². The van der Waals surface area contributed by atoms with Gasteiger partial charge in [-0.1, -0.05) is 0 Å². The lowest BCUT2D eigenvalue weighted by atomic mass is 10.2. The molecule has 0 saturated heterocycles. The molecule has 2 aromatic rings. The lowest BCUT2D eigenvalue weighted by Gasteiger charge is -2.20. The third-order valence-corrected chi connectivity index (χ3v) is 4.26. The monoisotopic (exact) mass is 350 g/mol. The molecule has 2 rings (SSSR count). The molecule has 0 bridgehead atoms. The van der Waals surface area contributed by atoms with Crippen LogP contribution in [-0.2, 0) is 17.8 Å². The Morgan fingerprint density at radius 3 is 2.83 bits per heavy atom. The second-order valence-corrected chi connectivity index (χ2v) is 6.35. The van der Waals surface area contributed by atoms with Crippen molar-refractivity contribution < 1.29 is 13.9 Å². The van der Waals surface area contributed by atoms with Gasteiger partial charge in [-0.2, -0.15) is 0 Å². The summed E-state index contributed by atoms with van der Waals surface area (Å²) >= 11 is 1.63. The number of aliphatic imine (C=N–C) groups is 1. The lowest BCUT2D eigenvalue weighted by Crippen LogP contribution is -2.38. The van der Waals surface area contributed by atoms with Gasteiger partial charge in [0, 0.05) is 19.5 Å². The summed E-state index contributed by atoms with van der Waals surface area (Å²) in [6.07, 6.45) is 0. The number of guanidine groups is 1. The number of nitrogens with one attached hydrogen (secondary N) is 1. The number of carbonyl (C=O) groups is 1. The highest BCUT2D eigenvalue weighted by Gasteiger charge is 2.16. The maximum Gasteiger partial charge on any atom is 0.341 e. The molecule has 0 atom stereocenters. The number of nitrogens with zero attached hydrogens (tertiary/aromatic N) is 3. The number of ether oxygens (including phenoxy) is 1. The number of methoxy groups -OCH3 is 1. The Morgan fingerprint density at radius 1 is 1.50 bits per heavy atom. The highest BCUT2D eigenvalue weighted by Crippen LogP contribution is 2.15. The van der Waals surface area contributed by atoms with Crippen molar-refractivity contribution in [2.45, 2.75) is 26.9 Å². The summed E-state index contributed by atoms with van der Waals surface area (Å²) in [6.45, 7) is 4.81. The van der Waals surface area contributed by atoms with Crippen molar-refractivity contribution in [2.24, 2.45) is 4.99 Å². The van der Waals surface area contributed by atoms with Crippen molar-refractivity contribution >= 4 is 23.3 Å². The molecule has 0 saturated carbocycles. The lowest BCUT2D eigenvalue weighted by molar-refractivity contribution is 0.0599. The van der Waals surface area contributed by atoms with Crippen LogP contribution >= 0.6 is 11.3 Å². The number of hydrogen-bond acceptors (Lipinski definition) is 6. The Labute approximate surface area is 145 Å². The van der Waals surface area contributed by atoms with Crippen molar-refractivity contribution in [3.05, 3.63) is 39.2 Å². The highest BCUT2D eigenvalue weighted by molar-refractivity contribution is 7.09. The average molecular weight is 350 g/mol. The van der Waals surface area contributed by atoms with Crippen LogP contribution in [0.25, 0.3) is 0 Å². The van der Waals surface area contributed by atoms with Crippen LogP contribution in [0.3, 0.4) is 0 Å². The number of carbonyl (C=O) groups excluding carboxylic acids is 1. The Balaban J connectivity index is 1.97. The van der Waals surface area contributed by atoms with Crippen molar-refractivity contribution in [3.63, 3.8) is 0 Å². The molecule has 0 aliphatic heterocycles. The first kappa shape index (κ1) is 18.0. The molecule has 0 aliphatic carbocycles. The largest absolute Gasteiger partial charge is 0.465 e. The van der Waals surface area contributed by atoms with Gasteiger partial charge in [0.25, 0.3) is 0 Å². The fourth-order valence-corrected chi connectivity index (χ4v) is 2.90. The summed E-state index contributed by atoms with van der Waals surface area (Å²) in [5.74, 6) is 1.50. The van der Waals surface area contributed by atoms with Crippen LogP contribution in [0.4, 0.5) is 0 Å². The number of rotatable bonds is 5. The topological polar surface area (TPSA) is 80.0 Å². The summed E-state index contributed by atoms with van der Waals surface area (Å²) in [4.78, 5) is 22.3. The van der Waals surface area contributed by atoms with E-state index < -0.39 is 5.97 Å². The first-order valence-electron chi connectivity index (χ1n) is 7.45. The molecule has 2 heterocycles. The standard InChI is InChI=1S/C16H22N4O3S/c1-10-14(15(21)22-5)6-13(23-10)7-18-16(17-3)20(4)8-12-9-24-11(2)19-12/h6,9H,7-8H2,1-5H3,(H,17,18). The third kappa shape index (κ3) is 4.35. The molecule has 0 fully saturated rings. The highest BCUT2D eigenvalue weighted by atomic mass is 32.1. The summed E-state index contributed by atoms with van der Waals surface area (Å²) in [5, 5.41) is 6.30. The van der Waals surface area contributed by atoms with E-state index in [0.29, 0.717) is 36.1 Å². The van der Waals surface area contributed by atoms with Crippen LogP contribution in [0.5, 0.6) is 0 Å². The zero-order valence-corrected chi connectivity index (χ0v) is 15.4. The van der Waals surface area contributed by atoms with Gasteiger partial charge in [0.1, 0.15) is 17.1 Å². The summed E-state index contributed by atoms with van der Waals surface area (Å²) in [5.41, 5.74) is 1.44. The molecule has 8 heteroatoms. The summed E-state index contributed by atoms with van der Waals surface area (Å²) < 4.78 is 10.3. The van der Waals surface area contributed by atoms with Gasteiger partial charge in [-0.25, -0.2) is 9.78 Å². The maximum atomic E-state index is 11.6. The van der Waals surface area contributed by atoms with E-state index in [-0.39, 0.29) is 0 Å². The molecular weight excluding hydrogens is 328 g/mol. The molecule has 0 amide bonds. The number of thiazole rings is 1. The number of furan rings is 1. The maximum absolute atomic E-state index is 11.6. The fraction of sp³-hybridized carbons (Fsp3) is 0.438. The number of aromatic nitrogens is 1. The first-order valence-corrected chi connectivity index (χ1v) is 8.33. The first-order chi connectivity index (χ1) is 11.4. The third-order valence-electron chi connectivity index (χ3n) is 3.43. The van der Waals surface area contributed by atoms with E-state index in [4.69, 9.17) is 9.15 Å². The molecule has 0 aliphatic rings. The zero-order valence-electron chi connectivity index (χ0n) is 14.5. The second-order valence-electron chi connectivity index (χ2n) is 5.29. The fourth-order valence-electron chi connectivity index (χ4n) is 2.29. The van der Waals surface area contributed by atoms with E-state index in [2.05, 4.69) is 15.3 Å². The number of hydrogen-bond donors (Lipinski definition) is 1. The van der Waals surface area contributed by atoms with Gasteiger partial charge in [0.2, 0.25) is 0 Å². The SMILES string of the molecule is CN=C(NCc1cc(C(=O)OC)c(C)o1)N(C)Cc1csc(C)n1. The van der Waals surface area contributed by atoms with E-state index in [9.17, 15) is 4.79 Å². The molecule has 0 unspecified atom stereocenters. The van der Waals surface area contributed by atoms with Gasteiger partial charge in [0.05, 0.1) is 30.9 Å². The van der Waals surface area contributed by atoms with Gasteiger partial charge in [-0.15, -0.1) is 11.3 Å². The predicted molar refractivity (Wildman–Crippen MR) is 93.3 cm³/mol. The summed E-state index contributed by atoms with van der Waals surface area (Å²) in [6, 6.07) is 1.69. The zero-order chi connectivity index (χ0) is 17.7. The average Bonchev–Trinajstić information content (AvgIpc) is 3.12. The van der Waals surface area contributed by atoms with Crippen LogP contribution < -0.4 is 5.32 Å². The van der Waals surface area contributed by atoms with Gasteiger partial charge in [-0.05, 0) is 19.9 Å². The number of esters is 1. The molecule has 24 heavy (non-hydrogen) atoms. The Morgan fingerprint density at radius 2 is 2.25 bits per heavy atom. The minimum absolute atomic E-state index is 0.400. The number of aryl methyl sites for hydroxylation is 2. The molecule has 0 aromatic carbocycles. The van der Waals surface area contributed by atoms with E-state index in [1.807, 2.05) is 24.3 Å². The van der Waals surface area contributed by atoms with Crippen LogP contribution in [0.2, 0.25) is 0 Å². The Kier molecular flexibility index (Phi) is 5.97. The molecule has 7 nitrogen and oxygen atoms in total. The van der Waals surface area contributed by atoms with Crippen molar-refractivity contribution in [3.8, 4) is 0 Å². The van der Waals surface area contributed by atoms with E-state index in [1.54, 1.807) is 31.4 Å². The smallest absolute Gasteiger partial charge is 0.341 e. The molecule has 1 N–H and O–H groups in total. The molecule has 2 aromatic heterocycles. The minimum Gasteiger partial charge on any atom is -0.465 e. The normalized spacial score (nSPS) is 11.5. The van der Waals surface area contributed by atoms with Gasteiger partial charge >= 0.3 is 5.97 Å². The molecule has 0 radical (unpaired) electrons. The molecule has 130 valence electrons. The van der Waals surface area contributed by atoms with Crippen molar-refractivity contribution in [1.29, 1.82) is 0 Å². The van der Waals surface area contributed by atoms with Crippen LogP contribution in [-0.4, -0.2) is 43.0 Å². The van der Waals surface area contributed by atoms with Crippen molar-refractivity contribution in [2.75, 3.05) is 21.2 Å². The Bertz CT molecular complexity index is 736. The van der Waals surface area contributed by atoms with Crippen LogP contribution in [0, 0.1) is 13.8 Å². The second kappa shape index (κ2) is 7.96. The van der Waals surface area contributed by atoms with E-state index in [0.717, 1.165) is 10.7 Å². The van der Waals surface area contributed by atoms with E-state index in [1.165, 1.54) is 7.11 Å². The quantitative estimate of drug-likeness (QED) is 0.506. The van der Waals surface area contributed by atoms with Gasteiger partial charge in [0.15, 0.2) is 5.96 Å². The van der Waals surface area contributed by atoms with Crippen LogP contribution in [0.15, 0.2) is 20.9 Å².